The van der Waals surface area contributed by atoms with E-state index in [-0.39, 0.29) is 17.2 Å². The van der Waals surface area contributed by atoms with Crippen molar-refractivity contribution in [1.29, 1.82) is 0 Å². The van der Waals surface area contributed by atoms with Crippen molar-refractivity contribution in [3.63, 3.8) is 0 Å². The standard InChI is InChI=1S/C23H30N2O2/c1-15(23-11-18-7-19(12-23)9-20(8-18)13-23)6-22(27)24-14-17-4-3-5-21(10-17)25-16(2)26/h3-6,10,18-20H,7-9,11-14H2,1-2H3,(H,24,27)(H,25,26)/b15-6-. The maximum Gasteiger partial charge on any atom is 0.244 e. The topological polar surface area (TPSA) is 58.2 Å². The molecular formula is C23H30N2O2. The number of anilines is 1. The van der Waals surface area contributed by atoms with Gasteiger partial charge < -0.3 is 10.6 Å². The zero-order valence-electron chi connectivity index (χ0n) is 16.4. The van der Waals surface area contributed by atoms with E-state index in [0.29, 0.717) is 6.54 Å². The fourth-order valence-electron chi connectivity index (χ4n) is 6.15. The summed E-state index contributed by atoms with van der Waals surface area (Å²) in [6, 6.07) is 7.60. The Labute approximate surface area is 161 Å². The fraction of sp³-hybridized carbons (Fsp3) is 0.565. The molecule has 0 aromatic heterocycles. The highest BCUT2D eigenvalue weighted by Crippen LogP contribution is 2.62. The van der Waals surface area contributed by atoms with E-state index in [0.717, 1.165) is 29.0 Å². The minimum Gasteiger partial charge on any atom is -0.348 e. The molecule has 4 bridgehead atoms. The minimum absolute atomic E-state index is 0.00632. The molecule has 0 atom stereocenters. The van der Waals surface area contributed by atoms with Crippen molar-refractivity contribution in [2.75, 3.05) is 5.32 Å². The average Bonchev–Trinajstić information content (AvgIpc) is 2.58. The summed E-state index contributed by atoms with van der Waals surface area (Å²) in [5, 5.41) is 5.79. The zero-order valence-corrected chi connectivity index (χ0v) is 16.4. The fourth-order valence-corrected chi connectivity index (χ4v) is 6.15. The predicted molar refractivity (Wildman–Crippen MR) is 107 cm³/mol. The lowest BCUT2D eigenvalue weighted by Crippen LogP contribution is -2.46. The minimum atomic E-state index is -0.0923. The first kappa shape index (κ1) is 18.3. The van der Waals surface area contributed by atoms with Crippen molar-refractivity contribution in [3.8, 4) is 0 Å². The lowest BCUT2D eigenvalue weighted by molar-refractivity contribution is -0.117. The van der Waals surface area contributed by atoms with Crippen molar-refractivity contribution in [3.05, 3.63) is 41.5 Å². The lowest BCUT2D eigenvalue weighted by Gasteiger charge is -2.57. The van der Waals surface area contributed by atoms with Gasteiger partial charge >= 0.3 is 0 Å². The second kappa shape index (κ2) is 7.14. The third kappa shape index (κ3) is 3.95. The molecule has 0 spiro atoms. The molecule has 0 unspecified atom stereocenters. The molecule has 0 aliphatic heterocycles. The SMILES string of the molecule is CC(=O)Nc1cccc(CNC(=O)/C=C(/C)C23CC4CC(CC(C4)C2)C3)c1. The van der Waals surface area contributed by atoms with Crippen molar-refractivity contribution in [2.24, 2.45) is 23.2 Å². The van der Waals surface area contributed by atoms with E-state index in [1.807, 2.05) is 30.3 Å². The molecule has 4 nitrogen and oxygen atoms in total. The van der Waals surface area contributed by atoms with Gasteiger partial charge in [0.05, 0.1) is 0 Å². The Morgan fingerprint density at radius 2 is 1.70 bits per heavy atom. The van der Waals surface area contributed by atoms with E-state index in [4.69, 9.17) is 0 Å². The molecule has 1 aromatic carbocycles. The molecule has 1 aromatic rings. The van der Waals surface area contributed by atoms with E-state index >= 15 is 0 Å². The Morgan fingerprint density at radius 3 is 2.30 bits per heavy atom. The largest absolute Gasteiger partial charge is 0.348 e. The van der Waals surface area contributed by atoms with Gasteiger partial charge in [-0.3, -0.25) is 9.59 Å². The van der Waals surface area contributed by atoms with Crippen molar-refractivity contribution in [2.45, 2.75) is 58.9 Å². The van der Waals surface area contributed by atoms with Crippen LogP contribution in [0.15, 0.2) is 35.9 Å². The number of nitrogens with one attached hydrogen (secondary N) is 2. The van der Waals surface area contributed by atoms with Crippen LogP contribution in [-0.4, -0.2) is 11.8 Å². The number of hydrogen-bond donors (Lipinski definition) is 2. The average molecular weight is 367 g/mol. The van der Waals surface area contributed by atoms with Crippen molar-refractivity contribution < 1.29 is 9.59 Å². The number of carbonyl (C=O) groups is 2. The number of hydrogen-bond acceptors (Lipinski definition) is 2. The molecule has 4 aliphatic carbocycles. The molecule has 144 valence electrons. The van der Waals surface area contributed by atoms with E-state index in [2.05, 4.69) is 17.6 Å². The molecular weight excluding hydrogens is 336 g/mol. The van der Waals surface area contributed by atoms with Gasteiger partial charge in [-0.25, -0.2) is 0 Å². The van der Waals surface area contributed by atoms with E-state index in [1.165, 1.54) is 51.0 Å². The summed E-state index contributed by atoms with van der Waals surface area (Å²) >= 11 is 0. The van der Waals surface area contributed by atoms with Gasteiger partial charge in [-0.15, -0.1) is 0 Å². The predicted octanol–water partition coefficient (Wildman–Crippen LogP) is 4.42. The van der Waals surface area contributed by atoms with E-state index < -0.39 is 0 Å². The summed E-state index contributed by atoms with van der Waals surface area (Å²) in [6.07, 6.45) is 9.97. The highest BCUT2D eigenvalue weighted by Gasteiger charge is 2.51. The Bertz CT molecular complexity index is 745. The molecule has 4 saturated carbocycles. The first-order valence-corrected chi connectivity index (χ1v) is 10.2. The Kier molecular flexibility index (Phi) is 4.83. The summed E-state index contributed by atoms with van der Waals surface area (Å²) in [5.41, 5.74) is 3.31. The first-order valence-electron chi connectivity index (χ1n) is 10.2. The van der Waals surface area contributed by atoms with Crippen LogP contribution in [0.5, 0.6) is 0 Å². The Hall–Kier alpha value is -2.10. The number of rotatable bonds is 5. The Balaban J connectivity index is 1.38. The molecule has 0 radical (unpaired) electrons. The maximum absolute atomic E-state index is 12.5. The second-order valence-electron chi connectivity index (χ2n) is 9.12. The normalized spacial score (nSPS) is 31.6. The maximum atomic E-state index is 12.5. The molecule has 27 heavy (non-hydrogen) atoms. The zero-order chi connectivity index (χ0) is 19.0. The summed E-state index contributed by atoms with van der Waals surface area (Å²) < 4.78 is 0. The highest BCUT2D eigenvalue weighted by atomic mass is 16.2. The third-order valence-electron chi connectivity index (χ3n) is 6.94. The lowest BCUT2D eigenvalue weighted by atomic mass is 9.48. The summed E-state index contributed by atoms with van der Waals surface area (Å²) in [7, 11) is 0. The highest BCUT2D eigenvalue weighted by molar-refractivity contribution is 5.89. The van der Waals surface area contributed by atoms with Gasteiger partial charge in [0.15, 0.2) is 0 Å². The van der Waals surface area contributed by atoms with Crippen LogP contribution < -0.4 is 10.6 Å². The third-order valence-corrected chi connectivity index (χ3v) is 6.94. The molecule has 4 aliphatic rings. The van der Waals surface area contributed by atoms with Crippen LogP contribution >= 0.6 is 0 Å². The van der Waals surface area contributed by atoms with Crippen LogP contribution in [0.1, 0.15) is 57.9 Å². The van der Waals surface area contributed by atoms with E-state index in [9.17, 15) is 9.59 Å². The summed E-state index contributed by atoms with van der Waals surface area (Å²) in [6.45, 7) is 4.13. The van der Waals surface area contributed by atoms with Crippen LogP contribution in [0.3, 0.4) is 0 Å². The van der Waals surface area contributed by atoms with Gasteiger partial charge in [-0.1, -0.05) is 17.7 Å². The van der Waals surface area contributed by atoms with Gasteiger partial charge in [0.1, 0.15) is 0 Å². The second-order valence-corrected chi connectivity index (χ2v) is 9.12. The smallest absolute Gasteiger partial charge is 0.244 e. The van der Waals surface area contributed by atoms with E-state index in [1.54, 1.807) is 0 Å². The quantitative estimate of drug-likeness (QED) is 0.758. The summed E-state index contributed by atoms with van der Waals surface area (Å²) in [5.74, 6) is 2.57. The number of allylic oxidation sites excluding steroid dienone is 1. The summed E-state index contributed by atoms with van der Waals surface area (Å²) in [4.78, 5) is 23.7. The molecule has 5 rings (SSSR count). The number of carbonyl (C=O) groups excluding carboxylic acids is 2. The van der Waals surface area contributed by atoms with Crippen LogP contribution in [0.25, 0.3) is 0 Å². The van der Waals surface area contributed by atoms with Crippen molar-refractivity contribution in [1.82, 2.24) is 5.32 Å². The number of benzene rings is 1. The molecule has 2 amide bonds. The first-order chi connectivity index (χ1) is 12.9. The van der Waals surface area contributed by atoms with Gasteiger partial charge in [0.25, 0.3) is 0 Å². The van der Waals surface area contributed by atoms with Gasteiger partial charge in [0, 0.05) is 25.2 Å². The molecule has 4 heteroatoms. The molecule has 2 N–H and O–H groups in total. The van der Waals surface area contributed by atoms with Gasteiger partial charge in [-0.05, 0) is 86.3 Å². The van der Waals surface area contributed by atoms with Crippen LogP contribution in [-0.2, 0) is 16.1 Å². The van der Waals surface area contributed by atoms with Crippen molar-refractivity contribution >= 4 is 17.5 Å². The van der Waals surface area contributed by atoms with Gasteiger partial charge in [-0.2, -0.15) is 0 Å². The van der Waals surface area contributed by atoms with Crippen LogP contribution in [0.2, 0.25) is 0 Å². The van der Waals surface area contributed by atoms with Gasteiger partial charge in [0.2, 0.25) is 11.8 Å². The molecule has 0 heterocycles. The number of amides is 2. The van der Waals surface area contributed by atoms with Crippen LogP contribution in [0, 0.1) is 23.2 Å². The Morgan fingerprint density at radius 1 is 1.07 bits per heavy atom. The monoisotopic (exact) mass is 366 g/mol. The molecule has 0 saturated heterocycles. The molecule has 4 fully saturated rings. The van der Waals surface area contributed by atoms with Crippen LogP contribution in [0.4, 0.5) is 5.69 Å².